The van der Waals surface area contributed by atoms with Gasteiger partial charge in [-0.3, -0.25) is 4.70 Å². The molecule has 0 amide bonds. The average Bonchev–Trinajstić information content (AvgIpc) is 2.44. The lowest BCUT2D eigenvalue weighted by atomic mass is 10.1. The number of aryl methyl sites for hydroxylation is 1. The molecule has 0 radical (unpaired) electrons. The Morgan fingerprint density at radius 1 is 0.900 bits per heavy atom. The van der Waals surface area contributed by atoms with E-state index in [-0.39, 0.29) is 10.5 Å². The molecule has 0 N–H and O–H groups in total. The molecule has 20 heavy (non-hydrogen) atoms. The van der Waals surface area contributed by atoms with Gasteiger partial charge in [0.15, 0.2) is 0 Å². The second-order valence-corrected chi connectivity index (χ2v) is 2.51. The van der Waals surface area contributed by atoms with Gasteiger partial charge in [-0.2, -0.15) is 0 Å². The van der Waals surface area contributed by atoms with Crippen molar-refractivity contribution in [1.82, 2.24) is 0 Å². The highest BCUT2D eigenvalue weighted by molar-refractivity contribution is 5.33. The second-order valence-electron chi connectivity index (χ2n) is 2.51. The first-order chi connectivity index (χ1) is 9.03. The number of hydrogen-bond donors (Lipinski definition) is 0. The van der Waals surface area contributed by atoms with Crippen LogP contribution >= 0.6 is 0 Å². The monoisotopic (exact) mass is 324 g/mol. The fraction of sp³-hybridized carbons (Fsp3) is 0.333. The van der Waals surface area contributed by atoms with Crippen molar-refractivity contribution in [1.29, 1.82) is 0 Å². The van der Waals surface area contributed by atoms with E-state index in [0.717, 1.165) is 0 Å². The summed E-state index contributed by atoms with van der Waals surface area (Å²) in [5, 5.41) is 0. The number of alkyl halides is 3. The molecule has 1 rings (SSSR count). The van der Waals surface area contributed by atoms with E-state index in [1.54, 1.807) is 19.1 Å². The molecule has 122 valence electrons. The van der Waals surface area contributed by atoms with Crippen LogP contribution in [0, 0.1) is 0 Å². The Labute approximate surface area is 106 Å². The minimum absolute atomic E-state index is 0. The van der Waals surface area contributed by atoms with Gasteiger partial charge in [0, 0.05) is 27.4 Å². The predicted molar refractivity (Wildman–Crippen MR) is 51.7 cm³/mol. The summed E-state index contributed by atoms with van der Waals surface area (Å²) in [7, 11) is 0. The van der Waals surface area contributed by atoms with Gasteiger partial charge in [-0.15, -0.1) is 13.2 Å². The maximum Gasteiger partial charge on any atom is 0.573 e. The van der Waals surface area contributed by atoms with Gasteiger partial charge in [-0.25, -0.2) is 0 Å². The molecule has 0 aliphatic heterocycles. The molecule has 0 saturated heterocycles. The van der Waals surface area contributed by atoms with Crippen LogP contribution < -0.4 is 4.74 Å². The Kier molecular flexibility index (Phi) is 23.2. The largest absolute Gasteiger partial charge is 0.573 e. The Hall–Kier alpha value is -1.68. The summed E-state index contributed by atoms with van der Waals surface area (Å²) < 4.78 is 87.3. The summed E-state index contributed by atoms with van der Waals surface area (Å²) in [6.07, 6.45) is -4.09. The highest BCUT2D eigenvalue weighted by Gasteiger charge is 2.31. The molecule has 0 spiro atoms. The van der Waals surface area contributed by atoms with Gasteiger partial charge < -0.3 is 4.74 Å². The van der Waals surface area contributed by atoms with E-state index in [1.165, 1.54) is 12.1 Å². The summed E-state index contributed by atoms with van der Waals surface area (Å²) in [6, 6.07) is 6.12. The Morgan fingerprint density at radius 3 is 1.65 bits per heavy atom. The number of benzene rings is 1. The molecule has 0 aromatic heterocycles. The highest BCUT2D eigenvalue weighted by Crippen LogP contribution is 2.26. The fourth-order valence-electron chi connectivity index (χ4n) is 1.02. The first-order valence-electron chi connectivity index (χ1n) is 4.29. The average molecular weight is 324 g/mol. The molecule has 0 aliphatic carbocycles. The molecule has 1 aromatic carbocycles. The number of ether oxygens (including phenoxy) is 1. The van der Waals surface area contributed by atoms with Gasteiger partial charge in [-0.05, 0) is 18.1 Å². The van der Waals surface area contributed by atoms with E-state index in [1.807, 2.05) is 0 Å². The standard InChI is InChI=1S/C9H9F3O.3F2.FH/c1-2-7-5-3-4-6-8(7)13-9(10,11)12;3*1-2;/h3-6H,2H2,1H3;;;;1H. The van der Waals surface area contributed by atoms with Crippen molar-refractivity contribution in [2.24, 2.45) is 0 Å². The van der Waals surface area contributed by atoms with Crippen molar-refractivity contribution in [2.75, 3.05) is 0 Å². The fourth-order valence-corrected chi connectivity index (χ4v) is 1.02. The van der Waals surface area contributed by atoms with Crippen LogP contribution in [0.2, 0.25) is 0 Å². The van der Waals surface area contributed by atoms with Crippen LogP contribution in [0.25, 0.3) is 0 Å². The van der Waals surface area contributed by atoms with E-state index < -0.39 is 6.36 Å². The molecule has 0 aliphatic rings. The number of halogens is 10. The topological polar surface area (TPSA) is 9.23 Å². The molecule has 0 bridgehead atoms. The summed E-state index contributed by atoms with van der Waals surface area (Å²) >= 11 is 0. The van der Waals surface area contributed by atoms with Crippen LogP contribution in [0.5, 0.6) is 5.75 Å². The van der Waals surface area contributed by atoms with Crippen LogP contribution in [0.4, 0.5) is 45.3 Å². The quantitative estimate of drug-likeness (QED) is 0.623. The van der Waals surface area contributed by atoms with Crippen molar-refractivity contribution < 1.29 is 50.1 Å². The maximum atomic E-state index is 11.8. The lowest BCUT2D eigenvalue weighted by Crippen LogP contribution is -2.17. The Morgan fingerprint density at radius 2 is 1.30 bits per heavy atom. The van der Waals surface area contributed by atoms with E-state index in [2.05, 4.69) is 4.74 Å². The van der Waals surface area contributed by atoms with Crippen LogP contribution in [-0.2, 0) is 6.42 Å². The van der Waals surface area contributed by atoms with Crippen LogP contribution in [0.3, 0.4) is 0 Å². The Balaban J connectivity index is -0.000000162. The zero-order valence-corrected chi connectivity index (χ0v) is 9.73. The first-order valence-corrected chi connectivity index (χ1v) is 4.29. The highest BCUT2D eigenvalue weighted by atomic mass is 20.0. The third-order valence-electron chi connectivity index (χ3n) is 1.58. The Bertz CT molecular complexity index is 290. The van der Waals surface area contributed by atoms with Crippen molar-refractivity contribution in [3.63, 3.8) is 0 Å². The molecular formula is C9H10F10O. The van der Waals surface area contributed by atoms with E-state index in [9.17, 15) is 13.2 Å². The van der Waals surface area contributed by atoms with Crippen LogP contribution in [0.1, 0.15) is 12.5 Å². The summed E-state index contributed by atoms with van der Waals surface area (Å²) in [5.41, 5.74) is 0.555. The minimum Gasteiger partial charge on any atom is -0.406 e. The second kappa shape index (κ2) is 17.3. The van der Waals surface area contributed by atoms with Gasteiger partial charge in [-0.1, -0.05) is 25.1 Å². The van der Waals surface area contributed by atoms with E-state index in [0.29, 0.717) is 12.0 Å². The summed E-state index contributed by atoms with van der Waals surface area (Å²) in [5.74, 6) is -0.113. The molecule has 0 unspecified atom stereocenters. The zero-order valence-electron chi connectivity index (χ0n) is 9.73. The van der Waals surface area contributed by atoms with Gasteiger partial charge in [0.2, 0.25) is 0 Å². The zero-order chi connectivity index (χ0) is 15.9. The van der Waals surface area contributed by atoms with Gasteiger partial charge >= 0.3 is 6.36 Å². The summed E-state index contributed by atoms with van der Waals surface area (Å²) in [4.78, 5) is 0. The van der Waals surface area contributed by atoms with Crippen molar-refractivity contribution >= 4 is 0 Å². The van der Waals surface area contributed by atoms with E-state index in [4.69, 9.17) is 27.4 Å². The van der Waals surface area contributed by atoms with Crippen molar-refractivity contribution in [3.05, 3.63) is 29.8 Å². The third-order valence-corrected chi connectivity index (χ3v) is 1.58. The van der Waals surface area contributed by atoms with Gasteiger partial charge in [0.05, 0.1) is 0 Å². The minimum atomic E-state index is -4.61. The third kappa shape index (κ3) is 14.4. The number of rotatable bonds is 2. The lowest BCUT2D eigenvalue weighted by Gasteiger charge is -2.11. The first kappa shape index (κ1) is 26.8. The van der Waals surface area contributed by atoms with Gasteiger partial charge in [0.1, 0.15) is 5.75 Å². The molecule has 0 fully saturated rings. The number of para-hydroxylation sites is 1. The van der Waals surface area contributed by atoms with Crippen LogP contribution in [-0.4, -0.2) is 6.36 Å². The van der Waals surface area contributed by atoms with Gasteiger partial charge in [0.25, 0.3) is 0 Å². The molecule has 11 heteroatoms. The molecular weight excluding hydrogens is 314 g/mol. The predicted octanol–water partition coefficient (Wildman–Crippen LogP) is 5.82. The van der Waals surface area contributed by atoms with Crippen LogP contribution in [0.15, 0.2) is 24.3 Å². The molecule has 0 saturated carbocycles. The normalized spacial score (nSPS) is 8.30. The summed E-state index contributed by atoms with van der Waals surface area (Å²) in [6.45, 7) is 1.78. The van der Waals surface area contributed by atoms with Crippen molar-refractivity contribution in [3.8, 4) is 5.75 Å². The maximum absolute atomic E-state index is 11.8. The molecule has 1 nitrogen and oxygen atoms in total. The molecule has 0 heterocycles. The SMILES string of the molecule is CCc1ccccc1OC(F)(F)F.F.FF.FF.FF. The molecule has 1 aromatic rings. The number of hydrogen-bond acceptors (Lipinski definition) is 1. The molecule has 0 atom stereocenters. The van der Waals surface area contributed by atoms with Crippen molar-refractivity contribution in [2.45, 2.75) is 19.7 Å². The van der Waals surface area contributed by atoms with E-state index >= 15 is 0 Å². The smallest absolute Gasteiger partial charge is 0.406 e. The lowest BCUT2D eigenvalue weighted by molar-refractivity contribution is -0.274.